The molecule has 4 heterocycles. The van der Waals surface area contributed by atoms with E-state index in [1.807, 2.05) is 0 Å². The van der Waals surface area contributed by atoms with Crippen LogP contribution in [0.1, 0.15) is 48.5 Å². The maximum Gasteiger partial charge on any atom is 3.00 e. The van der Waals surface area contributed by atoms with Crippen LogP contribution in [0.2, 0.25) is 0 Å². The quantitative estimate of drug-likeness (QED) is 0.0666. The molecule has 1 saturated heterocycles. The van der Waals surface area contributed by atoms with E-state index in [-0.39, 0.29) is 75.3 Å². The Morgan fingerprint density at radius 2 is 0.579 bits per heavy atom. The number of nitrogens with zero attached hydrogens (tertiary/aromatic N) is 6. The Hall–Kier alpha value is -7.11. The Morgan fingerprint density at radius 1 is 0.368 bits per heavy atom. The molecular weight excluding hydrogens is 1130 g/mol. The van der Waals surface area contributed by atoms with Gasteiger partial charge >= 0.3 is 56.5 Å². The number of hydrogen-bond donors (Lipinski definition) is 3. The Labute approximate surface area is 470 Å². The van der Waals surface area contributed by atoms with Gasteiger partial charge in [0.1, 0.15) is 68.8 Å². The number of pyridine rings is 3. The average molecular weight is 1190 g/mol. The molecule has 3 aromatic carbocycles. The fraction of sp³-hybridized carbons (Fsp3) is 0.333. The van der Waals surface area contributed by atoms with Gasteiger partial charge in [0.2, 0.25) is 0 Å². The van der Waals surface area contributed by atoms with E-state index < -0.39 is 17.9 Å². The Balaban J connectivity index is 0.00000937. The van der Waals surface area contributed by atoms with Crippen LogP contribution < -0.4 is 42.6 Å². The summed E-state index contributed by atoms with van der Waals surface area (Å²) in [5.41, 5.74) is 3.80. The molecule has 21 nitrogen and oxygen atoms in total. The van der Waals surface area contributed by atoms with E-state index >= 15 is 0 Å². The molecule has 0 saturated carbocycles. The normalized spacial score (nSPS) is 13.2. The molecule has 1 aliphatic heterocycles. The molecule has 3 N–H and O–H groups in total. The predicted molar refractivity (Wildman–Crippen MR) is 275 cm³/mol. The van der Waals surface area contributed by atoms with Gasteiger partial charge in [-0.2, -0.15) is 0 Å². The summed E-state index contributed by atoms with van der Waals surface area (Å²) in [4.78, 5) is 58.3. The smallest absolute Gasteiger partial charge is 0.496 e. The number of ether oxygens (including phenoxy) is 9. The van der Waals surface area contributed by atoms with Crippen LogP contribution in [0.3, 0.4) is 0 Å². The van der Waals surface area contributed by atoms with Crippen LogP contribution in [-0.2, 0) is 19.6 Å². The van der Waals surface area contributed by atoms with E-state index in [2.05, 4.69) is 29.7 Å². The molecule has 7 rings (SSSR count). The zero-order chi connectivity index (χ0) is 53.9. The van der Waals surface area contributed by atoms with Crippen LogP contribution in [0.4, 0.5) is 0 Å². The standard InChI is InChI=1S/C54H60N6O15.Tb/c1-67-37-22-43(70-4)49(44(23-37)71-5)31-16-34(55-40(19-31)52(61)62)28-58-10-12-59(29-35-17-32(20-41(56-35)53(63)64)50-45(72-6)24-38(68-2)25-46(50)73-7)14-15-60(13-11-58)30-36-18-33(21-42(57-36)54(65)66)51-47(74-8)26-39(69-3)27-48(51)75-9;/h16-27H,10-15,28-30H2,1-9H3,(H,61,62)(H,63,64)(H,65,66);/q;+3. The second kappa shape index (κ2) is 26.6. The molecule has 1 fully saturated rings. The summed E-state index contributed by atoms with van der Waals surface area (Å²) < 4.78 is 50.9. The van der Waals surface area contributed by atoms with Crippen LogP contribution in [0.25, 0.3) is 33.4 Å². The van der Waals surface area contributed by atoms with Crippen molar-refractivity contribution in [3.63, 3.8) is 0 Å². The van der Waals surface area contributed by atoms with Crippen molar-refractivity contribution in [1.82, 2.24) is 29.7 Å². The van der Waals surface area contributed by atoms with Crippen molar-refractivity contribution >= 4 is 17.9 Å². The molecule has 0 aliphatic carbocycles. The third-order valence-electron chi connectivity index (χ3n) is 12.7. The topological polar surface area (TPSA) is 243 Å². The first-order valence-corrected chi connectivity index (χ1v) is 23.5. The average Bonchev–Trinajstić information content (AvgIpc) is 3.51. The Morgan fingerprint density at radius 3 is 0.750 bits per heavy atom. The molecule has 0 spiro atoms. The summed E-state index contributed by atoms with van der Waals surface area (Å²) in [7, 11) is 13.6. The molecule has 0 radical (unpaired) electrons. The summed E-state index contributed by atoms with van der Waals surface area (Å²) in [5.74, 6) is 0.135. The first-order chi connectivity index (χ1) is 36.1. The molecule has 0 atom stereocenters. The number of carboxylic acid groups (broad SMARTS) is 3. The summed E-state index contributed by atoms with van der Waals surface area (Å²) in [6.07, 6.45) is 0. The van der Waals surface area contributed by atoms with Gasteiger partial charge in [-0.3, -0.25) is 14.7 Å². The van der Waals surface area contributed by atoms with Crippen LogP contribution in [0.5, 0.6) is 51.7 Å². The monoisotopic (exact) mass is 1190 g/mol. The number of aromatic carboxylic acids is 3. The van der Waals surface area contributed by atoms with Crippen molar-refractivity contribution in [3.05, 3.63) is 107 Å². The van der Waals surface area contributed by atoms with Crippen molar-refractivity contribution in [1.29, 1.82) is 0 Å². The van der Waals surface area contributed by atoms with Crippen LogP contribution >= 0.6 is 0 Å². The predicted octanol–water partition coefficient (Wildman–Crippen LogP) is 6.86. The van der Waals surface area contributed by atoms with Crippen molar-refractivity contribution in [3.8, 4) is 85.1 Å². The summed E-state index contributed by atoms with van der Waals surface area (Å²) in [5, 5.41) is 31.1. The van der Waals surface area contributed by atoms with Gasteiger partial charge in [-0.25, -0.2) is 29.3 Å². The largest absolute Gasteiger partial charge is 3.00 e. The van der Waals surface area contributed by atoms with E-state index in [9.17, 15) is 29.7 Å². The summed E-state index contributed by atoms with van der Waals surface area (Å²) in [6.45, 7) is 3.35. The zero-order valence-electron chi connectivity index (χ0n) is 43.5. The zero-order valence-corrected chi connectivity index (χ0v) is 45.7. The van der Waals surface area contributed by atoms with E-state index in [0.29, 0.717) is 141 Å². The number of hydrogen-bond acceptors (Lipinski definition) is 18. The van der Waals surface area contributed by atoms with Gasteiger partial charge in [0, 0.05) is 95.3 Å². The molecule has 0 amide bonds. The molecular formula is C54H60N6O15Tb+3. The fourth-order valence-corrected chi connectivity index (χ4v) is 8.98. The van der Waals surface area contributed by atoms with E-state index in [1.165, 1.54) is 82.2 Å². The number of rotatable bonds is 21. The maximum absolute atomic E-state index is 12.7. The van der Waals surface area contributed by atoms with Gasteiger partial charge in [0.15, 0.2) is 0 Å². The SMILES string of the molecule is COc1cc(OC)c(-c2cc(CN3CCN(Cc4cc(-c5c(OC)cc(OC)cc5OC)cc(C(=O)O)n4)CCN(Cc4cc(-c5c(OC)cc(OC)cc5OC)cc(C(=O)O)n4)CC3)nc(C(=O)O)c2)c(OC)c1.[Tb+3]. The molecule has 1 aliphatic rings. The van der Waals surface area contributed by atoms with Gasteiger partial charge in [-0.1, -0.05) is 0 Å². The summed E-state index contributed by atoms with van der Waals surface area (Å²) in [6, 6.07) is 19.9. The molecule has 6 aromatic rings. The number of aromatic nitrogens is 3. The summed E-state index contributed by atoms with van der Waals surface area (Å²) >= 11 is 0. The van der Waals surface area contributed by atoms with Crippen molar-refractivity contribution in [2.24, 2.45) is 0 Å². The van der Waals surface area contributed by atoms with Gasteiger partial charge in [-0.05, 0) is 53.1 Å². The molecule has 22 heteroatoms. The van der Waals surface area contributed by atoms with E-state index in [1.54, 1.807) is 54.6 Å². The first kappa shape index (κ1) is 58.2. The maximum atomic E-state index is 12.7. The molecule has 3 aromatic heterocycles. The van der Waals surface area contributed by atoms with Crippen LogP contribution in [-0.4, -0.2) is 166 Å². The molecule has 0 bridgehead atoms. The minimum atomic E-state index is -1.23. The number of carbonyl (C=O) groups is 3. The van der Waals surface area contributed by atoms with Crippen molar-refractivity contribution < 1.29 is 111 Å². The minimum Gasteiger partial charge on any atom is -0.496 e. The Kier molecular flexibility index (Phi) is 20.3. The second-order valence-corrected chi connectivity index (χ2v) is 17.2. The van der Waals surface area contributed by atoms with Gasteiger partial charge < -0.3 is 58.0 Å². The first-order valence-electron chi connectivity index (χ1n) is 23.5. The third kappa shape index (κ3) is 13.6. The molecule has 0 unspecified atom stereocenters. The molecule has 76 heavy (non-hydrogen) atoms. The fourth-order valence-electron chi connectivity index (χ4n) is 8.98. The van der Waals surface area contributed by atoms with Gasteiger partial charge in [-0.15, -0.1) is 0 Å². The van der Waals surface area contributed by atoms with E-state index in [0.717, 1.165) is 0 Å². The van der Waals surface area contributed by atoms with Crippen molar-refractivity contribution in [2.45, 2.75) is 19.6 Å². The van der Waals surface area contributed by atoms with Crippen molar-refractivity contribution in [2.75, 3.05) is 103 Å². The van der Waals surface area contributed by atoms with Gasteiger partial charge in [0.05, 0.1) is 97.8 Å². The molecule has 402 valence electrons. The minimum absolute atomic E-state index is 0. The Bertz CT molecular complexity index is 2660. The second-order valence-electron chi connectivity index (χ2n) is 17.2. The van der Waals surface area contributed by atoms with E-state index in [4.69, 9.17) is 42.6 Å². The van der Waals surface area contributed by atoms with Crippen LogP contribution in [0, 0.1) is 38.6 Å². The third-order valence-corrected chi connectivity index (χ3v) is 12.7. The number of carboxylic acids is 3. The number of methoxy groups -OCH3 is 9. The number of benzene rings is 3. The van der Waals surface area contributed by atoms with Crippen LogP contribution in [0.15, 0.2) is 72.8 Å². The van der Waals surface area contributed by atoms with Gasteiger partial charge in [0.25, 0.3) is 0 Å².